The molecule has 0 saturated carbocycles. The lowest BCUT2D eigenvalue weighted by molar-refractivity contribution is -0.0601. The Bertz CT molecular complexity index is 47.5. The lowest BCUT2D eigenvalue weighted by atomic mass is 10.1. The van der Waals surface area contributed by atoms with Crippen LogP contribution in [0.15, 0.2) is 0 Å². The van der Waals surface area contributed by atoms with Crippen LogP contribution in [-0.4, -0.2) is 18.8 Å². The SMILES string of the molecule is C[C@@H]1OC[C@H]1N. The fourth-order valence-electron chi connectivity index (χ4n) is 0.400. The summed E-state index contributed by atoms with van der Waals surface area (Å²) in [5, 5.41) is 0. The van der Waals surface area contributed by atoms with E-state index in [4.69, 9.17) is 10.5 Å². The molecule has 1 aliphatic rings. The van der Waals surface area contributed by atoms with E-state index in [1.807, 2.05) is 6.92 Å². The van der Waals surface area contributed by atoms with Gasteiger partial charge >= 0.3 is 0 Å². The van der Waals surface area contributed by atoms with Gasteiger partial charge in [0.05, 0.1) is 18.8 Å². The van der Waals surface area contributed by atoms with Crippen LogP contribution >= 0.6 is 0 Å². The zero-order chi connectivity index (χ0) is 4.57. The van der Waals surface area contributed by atoms with Crippen molar-refractivity contribution in [2.45, 2.75) is 19.1 Å². The molecule has 0 aromatic rings. The maximum absolute atomic E-state index is 5.40. The number of hydrogen-bond acceptors (Lipinski definition) is 2. The molecular weight excluding hydrogens is 78.0 g/mol. The van der Waals surface area contributed by atoms with Gasteiger partial charge in [-0.15, -0.1) is 0 Å². The smallest absolute Gasteiger partial charge is 0.0721 e. The molecule has 2 nitrogen and oxygen atoms in total. The predicted molar refractivity (Wildman–Crippen MR) is 23.4 cm³/mol. The second-order valence-electron chi connectivity index (χ2n) is 1.70. The lowest BCUT2D eigenvalue weighted by Gasteiger charge is -2.30. The average molecular weight is 87.1 g/mol. The van der Waals surface area contributed by atoms with Crippen molar-refractivity contribution < 1.29 is 4.74 Å². The van der Waals surface area contributed by atoms with E-state index in [0.29, 0.717) is 12.1 Å². The predicted octanol–water partition coefficient (Wildman–Crippen LogP) is -0.268. The van der Waals surface area contributed by atoms with Crippen molar-refractivity contribution in [1.82, 2.24) is 0 Å². The van der Waals surface area contributed by atoms with E-state index >= 15 is 0 Å². The second kappa shape index (κ2) is 1.21. The first-order chi connectivity index (χ1) is 2.80. The van der Waals surface area contributed by atoms with Crippen LogP contribution in [0.5, 0.6) is 0 Å². The Morgan fingerprint density at radius 3 is 2.33 bits per heavy atom. The molecule has 0 aromatic carbocycles. The van der Waals surface area contributed by atoms with E-state index in [-0.39, 0.29) is 0 Å². The molecule has 36 valence electrons. The molecule has 2 atom stereocenters. The summed E-state index contributed by atoms with van der Waals surface area (Å²) in [7, 11) is 0. The van der Waals surface area contributed by atoms with Gasteiger partial charge in [0.15, 0.2) is 0 Å². The minimum Gasteiger partial charge on any atom is -0.375 e. The molecule has 1 saturated heterocycles. The number of hydrogen-bond donors (Lipinski definition) is 1. The van der Waals surface area contributed by atoms with Gasteiger partial charge in [0.25, 0.3) is 0 Å². The zero-order valence-corrected chi connectivity index (χ0v) is 3.85. The quantitative estimate of drug-likeness (QED) is 0.441. The molecule has 0 spiro atoms. The monoisotopic (exact) mass is 87.1 g/mol. The van der Waals surface area contributed by atoms with Crippen molar-refractivity contribution in [2.24, 2.45) is 5.73 Å². The standard InChI is InChI=1S/C4H9NO/c1-3-4(5)2-6-3/h3-4H,2,5H2,1H3/t3-,4+/m0/s1. The summed E-state index contributed by atoms with van der Waals surface area (Å²) >= 11 is 0. The summed E-state index contributed by atoms with van der Waals surface area (Å²) in [4.78, 5) is 0. The average Bonchev–Trinajstić information content (AvgIpc) is 1.61. The van der Waals surface area contributed by atoms with Gasteiger partial charge < -0.3 is 10.5 Å². The van der Waals surface area contributed by atoms with E-state index in [0.717, 1.165) is 6.61 Å². The van der Waals surface area contributed by atoms with Gasteiger partial charge in [-0.25, -0.2) is 0 Å². The molecule has 2 heteroatoms. The van der Waals surface area contributed by atoms with Gasteiger partial charge in [-0.1, -0.05) is 0 Å². The van der Waals surface area contributed by atoms with Crippen LogP contribution in [0.2, 0.25) is 0 Å². The summed E-state index contributed by atoms with van der Waals surface area (Å²) in [5.41, 5.74) is 5.40. The molecule has 1 fully saturated rings. The van der Waals surface area contributed by atoms with E-state index in [1.165, 1.54) is 0 Å². The molecule has 0 amide bonds. The summed E-state index contributed by atoms with van der Waals surface area (Å²) < 4.78 is 4.92. The normalized spacial score (nSPS) is 45.0. The van der Waals surface area contributed by atoms with Gasteiger partial charge in [-0.05, 0) is 6.92 Å². The van der Waals surface area contributed by atoms with Crippen molar-refractivity contribution in [3.8, 4) is 0 Å². The Hall–Kier alpha value is -0.0800. The minimum atomic E-state index is 0.310. The molecule has 0 aliphatic carbocycles. The first-order valence-corrected chi connectivity index (χ1v) is 2.18. The van der Waals surface area contributed by atoms with Gasteiger partial charge in [-0.2, -0.15) is 0 Å². The molecule has 0 bridgehead atoms. The van der Waals surface area contributed by atoms with E-state index in [2.05, 4.69) is 0 Å². The van der Waals surface area contributed by atoms with Crippen LogP contribution in [0.4, 0.5) is 0 Å². The molecule has 6 heavy (non-hydrogen) atoms. The maximum atomic E-state index is 5.40. The van der Waals surface area contributed by atoms with Crippen LogP contribution in [0.1, 0.15) is 6.92 Å². The number of ether oxygens (including phenoxy) is 1. The van der Waals surface area contributed by atoms with Crippen molar-refractivity contribution >= 4 is 0 Å². The van der Waals surface area contributed by atoms with Gasteiger partial charge in [-0.3, -0.25) is 0 Å². The third kappa shape index (κ3) is 0.420. The van der Waals surface area contributed by atoms with Crippen LogP contribution in [0, 0.1) is 0 Å². The van der Waals surface area contributed by atoms with E-state index in [1.54, 1.807) is 0 Å². The van der Waals surface area contributed by atoms with Gasteiger partial charge in [0, 0.05) is 0 Å². The summed E-state index contributed by atoms with van der Waals surface area (Å²) in [6, 6.07) is 0.310. The molecule has 0 aromatic heterocycles. The molecule has 0 unspecified atom stereocenters. The van der Waals surface area contributed by atoms with Crippen molar-refractivity contribution in [1.29, 1.82) is 0 Å². The van der Waals surface area contributed by atoms with E-state index < -0.39 is 0 Å². The Kier molecular flexibility index (Phi) is 0.821. The highest BCUT2D eigenvalue weighted by atomic mass is 16.5. The summed E-state index contributed by atoms with van der Waals surface area (Å²) in [6.45, 7) is 2.73. The molecule has 0 radical (unpaired) electrons. The minimum absolute atomic E-state index is 0.310. The molecule has 2 N–H and O–H groups in total. The largest absolute Gasteiger partial charge is 0.375 e. The third-order valence-corrected chi connectivity index (χ3v) is 1.15. The lowest BCUT2D eigenvalue weighted by Crippen LogP contribution is -2.49. The summed E-state index contributed by atoms with van der Waals surface area (Å²) in [5.74, 6) is 0. The molecule has 1 rings (SSSR count). The first-order valence-electron chi connectivity index (χ1n) is 2.18. The van der Waals surface area contributed by atoms with Crippen LogP contribution in [-0.2, 0) is 4.74 Å². The van der Waals surface area contributed by atoms with Crippen molar-refractivity contribution in [3.63, 3.8) is 0 Å². The van der Waals surface area contributed by atoms with Crippen LogP contribution in [0.25, 0.3) is 0 Å². The highest BCUT2D eigenvalue weighted by molar-refractivity contribution is 4.76. The number of nitrogens with two attached hydrogens (primary N) is 1. The van der Waals surface area contributed by atoms with E-state index in [9.17, 15) is 0 Å². The number of rotatable bonds is 0. The first kappa shape index (κ1) is 4.09. The highest BCUT2D eigenvalue weighted by Crippen LogP contribution is 2.06. The van der Waals surface area contributed by atoms with Gasteiger partial charge in [0.1, 0.15) is 0 Å². The zero-order valence-electron chi connectivity index (χ0n) is 3.85. The Morgan fingerprint density at radius 2 is 2.33 bits per heavy atom. The summed E-state index contributed by atoms with van der Waals surface area (Å²) in [6.07, 6.45) is 0.310. The van der Waals surface area contributed by atoms with Crippen LogP contribution in [0.3, 0.4) is 0 Å². The fraction of sp³-hybridized carbons (Fsp3) is 1.00. The Balaban J connectivity index is 2.20. The highest BCUT2D eigenvalue weighted by Gasteiger charge is 2.22. The Morgan fingerprint density at radius 1 is 1.83 bits per heavy atom. The maximum Gasteiger partial charge on any atom is 0.0721 e. The topological polar surface area (TPSA) is 35.2 Å². The Labute approximate surface area is 37.3 Å². The van der Waals surface area contributed by atoms with Gasteiger partial charge in [0.2, 0.25) is 0 Å². The van der Waals surface area contributed by atoms with Crippen molar-refractivity contribution in [3.05, 3.63) is 0 Å². The third-order valence-electron chi connectivity index (χ3n) is 1.15. The van der Waals surface area contributed by atoms with Crippen LogP contribution < -0.4 is 5.73 Å². The molecule has 1 aliphatic heterocycles. The van der Waals surface area contributed by atoms with Crippen molar-refractivity contribution in [2.75, 3.05) is 6.61 Å². The fourth-order valence-corrected chi connectivity index (χ4v) is 0.400. The molecular formula is C4H9NO. The second-order valence-corrected chi connectivity index (χ2v) is 1.70. The molecule has 1 heterocycles.